The molecule has 6 heteroatoms. The van der Waals surface area contributed by atoms with E-state index in [9.17, 15) is 4.79 Å². The predicted octanol–water partition coefficient (Wildman–Crippen LogP) is 2.77. The Kier molecular flexibility index (Phi) is 4.86. The molecule has 0 radical (unpaired) electrons. The molecule has 120 valence electrons. The predicted molar refractivity (Wildman–Crippen MR) is 81.7 cm³/mol. The van der Waals surface area contributed by atoms with Crippen molar-refractivity contribution in [3.05, 3.63) is 35.9 Å². The molecule has 5 nitrogen and oxygen atoms in total. The second-order valence-corrected chi connectivity index (χ2v) is 5.95. The lowest BCUT2D eigenvalue weighted by Gasteiger charge is -2.37. The molecule has 0 aromatic heterocycles. The Morgan fingerprint density at radius 2 is 2.05 bits per heavy atom. The minimum absolute atomic E-state index is 0.0433. The maximum absolute atomic E-state index is 12.1. The van der Waals surface area contributed by atoms with Crippen molar-refractivity contribution in [1.29, 1.82) is 0 Å². The first-order valence-electron chi connectivity index (χ1n) is 7.54. The number of hydrogen-bond acceptors (Lipinski definition) is 4. The van der Waals surface area contributed by atoms with Crippen LogP contribution in [0.5, 0.6) is 0 Å². The van der Waals surface area contributed by atoms with Gasteiger partial charge in [0.05, 0.1) is 18.6 Å². The standard InChI is InChI=1S/C16H20ClNO4/c17-10-14-12-21-16(22-14)6-8-18(9-7-16)15(19)20-11-13-4-2-1-3-5-13/h1-5,14H,6-12H2. The molecule has 2 heterocycles. The Labute approximate surface area is 135 Å². The molecule has 0 bridgehead atoms. The molecule has 2 aliphatic heterocycles. The zero-order chi connectivity index (χ0) is 15.4. The summed E-state index contributed by atoms with van der Waals surface area (Å²) in [6.45, 7) is 1.97. The summed E-state index contributed by atoms with van der Waals surface area (Å²) in [6.07, 6.45) is 0.977. The monoisotopic (exact) mass is 325 g/mol. The molecule has 2 saturated heterocycles. The number of rotatable bonds is 3. The van der Waals surface area contributed by atoms with Crippen molar-refractivity contribution < 1.29 is 19.0 Å². The molecule has 1 atom stereocenters. The third kappa shape index (κ3) is 3.54. The fraction of sp³-hybridized carbons (Fsp3) is 0.562. The lowest BCUT2D eigenvalue weighted by Crippen LogP contribution is -2.47. The van der Waals surface area contributed by atoms with Crippen LogP contribution in [0.2, 0.25) is 0 Å². The van der Waals surface area contributed by atoms with Gasteiger partial charge in [-0.25, -0.2) is 4.79 Å². The van der Waals surface area contributed by atoms with Gasteiger partial charge in [-0.1, -0.05) is 30.3 Å². The summed E-state index contributed by atoms with van der Waals surface area (Å²) >= 11 is 5.80. The molecule has 1 aromatic rings. The van der Waals surface area contributed by atoms with Crippen molar-refractivity contribution >= 4 is 17.7 Å². The smallest absolute Gasteiger partial charge is 0.410 e. The summed E-state index contributed by atoms with van der Waals surface area (Å²) < 4.78 is 17.0. The van der Waals surface area contributed by atoms with E-state index in [1.807, 2.05) is 30.3 Å². The van der Waals surface area contributed by atoms with Gasteiger partial charge in [0, 0.05) is 25.9 Å². The molecule has 3 rings (SSSR count). The summed E-state index contributed by atoms with van der Waals surface area (Å²) in [5.41, 5.74) is 0.983. The largest absolute Gasteiger partial charge is 0.445 e. The van der Waals surface area contributed by atoms with Crippen molar-refractivity contribution in [1.82, 2.24) is 4.90 Å². The van der Waals surface area contributed by atoms with Crippen molar-refractivity contribution in [2.24, 2.45) is 0 Å². The first-order valence-corrected chi connectivity index (χ1v) is 8.08. The van der Waals surface area contributed by atoms with Gasteiger partial charge in [-0.2, -0.15) is 0 Å². The van der Waals surface area contributed by atoms with Gasteiger partial charge in [0.1, 0.15) is 6.61 Å². The van der Waals surface area contributed by atoms with Gasteiger partial charge in [0.25, 0.3) is 0 Å². The molecule has 1 unspecified atom stereocenters. The third-order valence-corrected chi connectivity index (χ3v) is 4.42. The maximum atomic E-state index is 12.1. The van der Waals surface area contributed by atoms with E-state index < -0.39 is 5.79 Å². The number of halogens is 1. The third-order valence-electron chi connectivity index (χ3n) is 4.07. The fourth-order valence-corrected chi connectivity index (χ4v) is 2.95. The van der Waals surface area contributed by atoms with Crippen LogP contribution in [0.1, 0.15) is 18.4 Å². The van der Waals surface area contributed by atoms with Crippen molar-refractivity contribution in [3.8, 4) is 0 Å². The average Bonchev–Trinajstić information content (AvgIpc) is 2.97. The van der Waals surface area contributed by atoms with E-state index in [4.69, 9.17) is 25.8 Å². The second kappa shape index (κ2) is 6.86. The summed E-state index contributed by atoms with van der Waals surface area (Å²) in [5.74, 6) is -0.125. The van der Waals surface area contributed by atoms with Gasteiger partial charge in [-0.05, 0) is 5.56 Å². The van der Waals surface area contributed by atoms with Crippen molar-refractivity contribution in [2.75, 3.05) is 25.6 Å². The summed E-state index contributed by atoms with van der Waals surface area (Å²) in [4.78, 5) is 13.8. The first kappa shape index (κ1) is 15.6. The number of alkyl halides is 1. The normalized spacial score (nSPS) is 23.7. The Morgan fingerprint density at radius 3 is 2.68 bits per heavy atom. The number of amides is 1. The number of ether oxygens (including phenoxy) is 3. The molecule has 0 saturated carbocycles. The zero-order valence-electron chi connectivity index (χ0n) is 12.4. The van der Waals surface area contributed by atoms with E-state index in [2.05, 4.69) is 0 Å². The fourth-order valence-electron chi connectivity index (χ4n) is 2.80. The number of piperidine rings is 1. The second-order valence-electron chi connectivity index (χ2n) is 5.64. The number of hydrogen-bond donors (Lipinski definition) is 0. The van der Waals surface area contributed by atoms with Crippen LogP contribution in [-0.4, -0.2) is 48.5 Å². The number of carbonyl (C=O) groups is 1. The minimum atomic E-state index is -0.560. The van der Waals surface area contributed by atoms with Crippen molar-refractivity contribution in [2.45, 2.75) is 31.3 Å². The van der Waals surface area contributed by atoms with E-state index in [1.165, 1.54) is 0 Å². The van der Waals surface area contributed by atoms with Crippen LogP contribution < -0.4 is 0 Å². The van der Waals surface area contributed by atoms with Gasteiger partial charge in [0.15, 0.2) is 5.79 Å². The highest BCUT2D eigenvalue weighted by atomic mass is 35.5. The molecule has 22 heavy (non-hydrogen) atoms. The topological polar surface area (TPSA) is 48.0 Å². The maximum Gasteiger partial charge on any atom is 0.410 e. The summed E-state index contributed by atoms with van der Waals surface area (Å²) in [5, 5.41) is 0. The summed E-state index contributed by atoms with van der Waals surface area (Å²) in [7, 11) is 0. The Morgan fingerprint density at radius 1 is 1.32 bits per heavy atom. The zero-order valence-corrected chi connectivity index (χ0v) is 13.1. The number of likely N-dealkylation sites (tertiary alicyclic amines) is 1. The lowest BCUT2D eigenvalue weighted by atomic mass is 10.0. The lowest BCUT2D eigenvalue weighted by molar-refractivity contribution is -0.190. The quantitative estimate of drug-likeness (QED) is 0.802. The first-order chi connectivity index (χ1) is 10.7. The number of carbonyl (C=O) groups excluding carboxylic acids is 1. The highest BCUT2D eigenvalue weighted by Gasteiger charge is 2.44. The van der Waals surface area contributed by atoms with Gasteiger partial charge in [-0.3, -0.25) is 0 Å². The van der Waals surface area contributed by atoms with Gasteiger partial charge in [0.2, 0.25) is 0 Å². The van der Waals surface area contributed by atoms with Gasteiger partial charge in [-0.15, -0.1) is 11.6 Å². The van der Waals surface area contributed by atoms with E-state index in [1.54, 1.807) is 4.90 Å². The van der Waals surface area contributed by atoms with Crippen LogP contribution in [0.15, 0.2) is 30.3 Å². The molecular weight excluding hydrogens is 306 g/mol. The highest BCUT2D eigenvalue weighted by Crippen LogP contribution is 2.34. The van der Waals surface area contributed by atoms with Crippen LogP contribution in [0.25, 0.3) is 0 Å². The molecule has 0 aliphatic carbocycles. The molecular formula is C16H20ClNO4. The molecule has 2 aliphatic rings. The minimum Gasteiger partial charge on any atom is -0.445 e. The van der Waals surface area contributed by atoms with E-state index in [0.717, 1.165) is 5.56 Å². The van der Waals surface area contributed by atoms with Crippen molar-refractivity contribution in [3.63, 3.8) is 0 Å². The molecule has 2 fully saturated rings. The molecule has 0 N–H and O–H groups in total. The Bertz CT molecular complexity index is 502. The number of benzene rings is 1. The SMILES string of the molecule is O=C(OCc1ccccc1)N1CCC2(CC1)OCC(CCl)O2. The molecule has 1 aromatic carbocycles. The summed E-state index contributed by atoms with van der Waals surface area (Å²) in [6, 6.07) is 9.66. The van der Waals surface area contributed by atoms with E-state index in [0.29, 0.717) is 45.0 Å². The Hall–Kier alpha value is -1.30. The van der Waals surface area contributed by atoms with Gasteiger partial charge < -0.3 is 19.1 Å². The van der Waals surface area contributed by atoms with E-state index in [-0.39, 0.29) is 12.2 Å². The van der Waals surface area contributed by atoms with E-state index >= 15 is 0 Å². The number of nitrogens with zero attached hydrogens (tertiary/aromatic N) is 1. The van der Waals surface area contributed by atoms with Crippen LogP contribution in [0.3, 0.4) is 0 Å². The molecule has 1 spiro atoms. The van der Waals surface area contributed by atoms with Gasteiger partial charge >= 0.3 is 6.09 Å². The van der Waals surface area contributed by atoms with Crippen LogP contribution in [0, 0.1) is 0 Å². The Balaban J connectivity index is 1.46. The van der Waals surface area contributed by atoms with Crippen LogP contribution >= 0.6 is 11.6 Å². The highest BCUT2D eigenvalue weighted by molar-refractivity contribution is 6.18. The van der Waals surface area contributed by atoms with Crippen LogP contribution in [0.4, 0.5) is 4.79 Å². The molecule has 1 amide bonds. The van der Waals surface area contributed by atoms with Crippen LogP contribution in [-0.2, 0) is 20.8 Å². The average molecular weight is 326 g/mol.